The number of benzene rings is 1. The highest BCUT2D eigenvalue weighted by molar-refractivity contribution is 7.89. The number of hydrogen-bond donors (Lipinski definition) is 1. The summed E-state index contributed by atoms with van der Waals surface area (Å²) in [4.78, 5) is 28.2. The highest BCUT2D eigenvalue weighted by Crippen LogP contribution is 2.35. The molecule has 172 valence electrons. The molecule has 0 saturated carbocycles. The molecule has 1 fully saturated rings. The molecule has 2 amide bonds. The van der Waals surface area contributed by atoms with Gasteiger partial charge in [-0.15, -0.1) is 11.3 Å². The van der Waals surface area contributed by atoms with Crippen molar-refractivity contribution in [3.05, 3.63) is 46.2 Å². The SMILES string of the molecule is CC(=O)N1c2ccc(S(=O)(=O)N3CCCCCC3)cc2CC1C(=O)NCCc1cccs1. The van der Waals surface area contributed by atoms with Gasteiger partial charge in [-0.25, -0.2) is 8.42 Å². The molecule has 1 N–H and O–H groups in total. The smallest absolute Gasteiger partial charge is 0.243 e. The first-order valence-electron chi connectivity index (χ1n) is 11.1. The number of amides is 2. The van der Waals surface area contributed by atoms with Gasteiger partial charge in [-0.1, -0.05) is 18.9 Å². The summed E-state index contributed by atoms with van der Waals surface area (Å²) in [5.41, 5.74) is 1.33. The van der Waals surface area contributed by atoms with Crippen molar-refractivity contribution in [3.8, 4) is 0 Å². The van der Waals surface area contributed by atoms with Crippen LogP contribution in [0.5, 0.6) is 0 Å². The number of thiophene rings is 1. The third kappa shape index (κ3) is 4.74. The largest absolute Gasteiger partial charge is 0.354 e. The van der Waals surface area contributed by atoms with E-state index in [1.54, 1.807) is 33.8 Å². The zero-order valence-corrected chi connectivity index (χ0v) is 19.9. The maximum absolute atomic E-state index is 13.2. The molecule has 7 nitrogen and oxygen atoms in total. The van der Waals surface area contributed by atoms with Crippen molar-refractivity contribution in [2.24, 2.45) is 0 Å². The van der Waals surface area contributed by atoms with E-state index in [9.17, 15) is 18.0 Å². The fraction of sp³-hybridized carbons (Fsp3) is 0.478. The monoisotopic (exact) mass is 475 g/mol. The van der Waals surface area contributed by atoms with Gasteiger partial charge in [0.2, 0.25) is 21.8 Å². The number of nitrogens with one attached hydrogen (secondary N) is 1. The van der Waals surface area contributed by atoms with Crippen LogP contribution in [0.4, 0.5) is 5.69 Å². The van der Waals surface area contributed by atoms with Crippen LogP contribution in [0, 0.1) is 0 Å². The maximum Gasteiger partial charge on any atom is 0.243 e. The Morgan fingerprint density at radius 3 is 2.53 bits per heavy atom. The quantitative estimate of drug-likeness (QED) is 0.696. The molecular formula is C23H29N3O4S2. The standard InChI is InChI=1S/C23H29N3O4S2/c1-17(27)26-21-9-8-20(32(29,30)25-12-4-2-3-5-13-25)15-18(21)16-22(26)23(28)24-11-10-19-7-6-14-31-19/h6-9,14-15,22H,2-5,10-13,16H2,1H3,(H,24,28). The van der Waals surface area contributed by atoms with E-state index in [2.05, 4.69) is 5.32 Å². The van der Waals surface area contributed by atoms with E-state index in [4.69, 9.17) is 0 Å². The number of carbonyl (C=O) groups excluding carboxylic acids is 2. The van der Waals surface area contributed by atoms with Crippen LogP contribution < -0.4 is 10.2 Å². The number of anilines is 1. The lowest BCUT2D eigenvalue weighted by atomic mass is 10.1. The first-order valence-corrected chi connectivity index (χ1v) is 13.4. The normalized spacial score (nSPS) is 19.4. The van der Waals surface area contributed by atoms with Crippen molar-refractivity contribution in [2.45, 2.75) is 56.4 Å². The van der Waals surface area contributed by atoms with Gasteiger partial charge in [-0.3, -0.25) is 14.5 Å². The zero-order valence-electron chi connectivity index (χ0n) is 18.2. The van der Waals surface area contributed by atoms with E-state index in [-0.39, 0.29) is 16.7 Å². The Balaban J connectivity index is 1.51. The zero-order chi connectivity index (χ0) is 22.7. The van der Waals surface area contributed by atoms with Crippen molar-refractivity contribution >= 4 is 38.9 Å². The fourth-order valence-electron chi connectivity index (χ4n) is 4.50. The predicted octanol–water partition coefficient (Wildman–Crippen LogP) is 2.95. The lowest BCUT2D eigenvalue weighted by Crippen LogP contribution is -2.47. The second-order valence-electron chi connectivity index (χ2n) is 8.34. The molecule has 3 heterocycles. The van der Waals surface area contributed by atoms with Crippen LogP contribution >= 0.6 is 11.3 Å². The molecule has 32 heavy (non-hydrogen) atoms. The molecule has 1 unspecified atom stereocenters. The highest BCUT2D eigenvalue weighted by atomic mass is 32.2. The van der Waals surface area contributed by atoms with Crippen molar-refractivity contribution in [2.75, 3.05) is 24.5 Å². The van der Waals surface area contributed by atoms with Gasteiger partial charge in [0.05, 0.1) is 4.90 Å². The number of nitrogens with zero attached hydrogens (tertiary/aromatic N) is 2. The summed E-state index contributed by atoms with van der Waals surface area (Å²) in [7, 11) is -3.59. The Kier molecular flexibility index (Phi) is 6.97. The number of sulfonamides is 1. The molecule has 4 rings (SSSR count). The Labute approximate surface area is 193 Å². The van der Waals surface area contributed by atoms with Crippen LogP contribution in [0.25, 0.3) is 0 Å². The number of fused-ring (bicyclic) bond motifs is 1. The number of rotatable bonds is 6. The summed E-state index contributed by atoms with van der Waals surface area (Å²) in [6, 6.07) is 8.21. The summed E-state index contributed by atoms with van der Waals surface area (Å²) in [6.07, 6.45) is 4.89. The first kappa shape index (κ1) is 22.9. The minimum atomic E-state index is -3.59. The van der Waals surface area contributed by atoms with Crippen LogP contribution in [0.15, 0.2) is 40.6 Å². The molecule has 9 heteroatoms. The van der Waals surface area contributed by atoms with Gasteiger partial charge in [0.1, 0.15) is 6.04 Å². The Morgan fingerprint density at radius 2 is 1.88 bits per heavy atom. The molecule has 1 aromatic carbocycles. The average molecular weight is 476 g/mol. The van der Waals surface area contributed by atoms with Gasteiger partial charge in [0.15, 0.2) is 0 Å². The van der Waals surface area contributed by atoms with Crippen LogP contribution in [-0.2, 0) is 32.5 Å². The lowest BCUT2D eigenvalue weighted by Gasteiger charge is -2.23. The second kappa shape index (κ2) is 9.72. The first-order chi connectivity index (χ1) is 15.4. The summed E-state index contributed by atoms with van der Waals surface area (Å²) < 4.78 is 27.9. The van der Waals surface area contributed by atoms with E-state index < -0.39 is 16.1 Å². The second-order valence-corrected chi connectivity index (χ2v) is 11.3. The number of carbonyl (C=O) groups is 2. The average Bonchev–Trinajstić information content (AvgIpc) is 3.32. The van der Waals surface area contributed by atoms with E-state index in [1.165, 1.54) is 16.7 Å². The molecule has 1 atom stereocenters. The summed E-state index contributed by atoms with van der Waals surface area (Å²) in [5, 5.41) is 4.93. The van der Waals surface area contributed by atoms with Crippen LogP contribution in [0.3, 0.4) is 0 Å². The van der Waals surface area contributed by atoms with Crippen molar-refractivity contribution in [1.82, 2.24) is 9.62 Å². The van der Waals surface area contributed by atoms with Gasteiger partial charge in [-0.2, -0.15) is 4.31 Å². The van der Waals surface area contributed by atoms with Crippen LogP contribution in [0.1, 0.15) is 43.0 Å². The van der Waals surface area contributed by atoms with Crippen molar-refractivity contribution in [3.63, 3.8) is 0 Å². The molecule has 2 aromatic rings. The lowest BCUT2D eigenvalue weighted by molar-refractivity contribution is -0.125. The number of hydrogen-bond acceptors (Lipinski definition) is 5. The summed E-state index contributed by atoms with van der Waals surface area (Å²) >= 11 is 1.64. The fourth-order valence-corrected chi connectivity index (χ4v) is 6.78. The maximum atomic E-state index is 13.2. The summed E-state index contributed by atoms with van der Waals surface area (Å²) in [6.45, 7) is 3.00. The molecule has 0 radical (unpaired) electrons. The topological polar surface area (TPSA) is 86.8 Å². The molecule has 0 bridgehead atoms. The molecule has 0 spiro atoms. The third-order valence-electron chi connectivity index (χ3n) is 6.13. The molecular weight excluding hydrogens is 446 g/mol. The van der Waals surface area contributed by atoms with E-state index in [0.717, 1.165) is 37.7 Å². The van der Waals surface area contributed by atoms with E-state index >= 15 is 0 Å². The minimum absolute atomic E-state index is 0.218. The Bertz CT molecular complexity index is 1070. The predicted molar refractivity (Wildman–Crippen MR) is 125 cm³/mol. The van der Waals surface area contributed by atoms with Crippen molar-refractivity contribution < 1.29 is 18.0 Å². The van der Waals surface area contributed by atoms with Gasteiger partial charge in [0.25, 0.3) is 0 Å². The van der Waals surface area contributed by atoms with Gasteiger partial charge in [0, 0.05) is 43.5 Å². The summed E-state index contributed by atoms with van der Waals surface area (Å²) in [5.74, 6) is -0.449. The van der Waals surface area contributed by atoms with E-state index in [0.29, 0.717) is 31.7 Å². The minimum Gasteiger partial charge on any atom is -0.354 e. The Hall–Kier alpha value is -2.23. The van der Waals surface area contributed by atoms with Crippen LogP contribution in [0.2, 0.25) is 0 Å². The molecule has 2 aliphatic heterocycles. The third-order valence-corrected chi connectivity index (χ3v) is 8.96. The van der Waals surface area contributed by atoms with Crippen LogP contribution in [-0.4, -0.2) is 50.2 Å². The van der Waals surface area contributed by atoms with E-state index in [1.807, 2.05) is 17.5 Å². The van der Waals surface area contributed by atoms with Gasteiger partial charge in [-0.05, 0) is 54.5 Å². The van der Waals surface area contributed by atoms with Crippen molar-refractivity contribution in [1.29, 1.82) is 0 Å². The molecule has 1 saturated heterocycles. The van der Waals surface area contributed by atoms with Gasteiger partial charge < -0.3 is 5.32 Å². The van der Waals surface area contributed by atoms with Gasteiger partial charge >= 0.3 is 0 Å². The molecule has 1 aromatic heterocycles. The molecule has 0 aliphatic carbocycles. The Morgan fingerprint density at radius 1 is 1.12 bits per heavy atom. The molecule has 2 aliphatic rings. The highest BCUT2D eigenvalue weighted by Gasteiger charge is 2.38.